The van der Waals surface area contributed by atoms with Crippen LogP contribution in [0.25, 0.3) is 10.9 Å². The van der Waals surface area contributed by atoms with E-state index in [1.54, 1.807) is 24.1 Å². The Labute approximate surface area is 144 Å². The van der Waals surface area contributed by atoms with Crippen LogP contribution in [0.5, 0.6) is 5.75 Å². The van der Waals surface area contributed by atoms with Crippen LogP contribution in [0.2, 0.25) is 0 Å². The summed E-state index contributed by atoms with van der Waals surface area (Å²) in [6, 6.07) is 10.8. The molecule has 0 spiro atoms. The van der Waals surface area contributed by atoms with E-state index in [1.165, 1.54) is 6.07 Å². The van der Waals surface area contributed by atoms with Crippen molar-refractivity contribution in [1.29, 1.82) is 0 Å². The molecule has 1 aliphatic heterocycles. The fourth-order valence-corrected chi connectivity index (χ4v) is 3.26. The number of rotatable bonds is 3. The van der Waals surface area contributed by atoms with Gasteiger partial charge in [-0.25, -0.2) is 4.79 Å². The van der Waals surface area contributed by atoms with Crippen molar-refractivity contribution in [3.63, 3.8) is 0 Å². The number of ether oxygens (including phenoxy) is 1. The molecule has 128 valence electrons. The van der Waals surface area contributed by atoms with Gasteiger partial charge in [-0.05, 0) is 13.0 Å². The number of likely N-dealkylation sites (tertiary alicyclic amines) is 1. The predicted molar refractivity (Wildman–Crippen MR) is 93.0 cm³/mol. The van der Waals surface area contributed by atoms with Gasteiger partial charge in [0.05, 0.1) is 18.2 Å². The number of nitrogens with one attached hydrogen (secondary N) is 1. The third-order valence-corrected chi connectivity index (χ3v) is 4.42. The number of aryl methyl sites for hydroxylation is 1. The minimum atomic E-state index is -0.431. The first kappa shape index (κ1) is 15.5. The summed E-state index contributed by atoms with van der Waals surface area (Å²) in [6.45, 7) is 2.83. The Balaban J connectivity index is 1.48. The molecule has 0 aliphatic carbocycles. The van der Waals surface area contributed by atoms with Gasteiger partial charge in [0.2, 0.25) is 0 Å². The average Bonchev–Trinajstić information content (AvgIpc) is 3.20. The van der Waals surface area contributed by atoms with E-state index in [0.29, 0.717) is 30.2 Å². The fourth-order valence-electron chi connectivity index (χ4n) is 3.26. The van der Waals surface area contributed by atoms with Gasteiger partial charge in [0.1, 0.15) is 17.6 Å². The van der Waals surface area contributed by atoms with E-state index in [4.69, 9.17) is 9.15 Å². The topological polar surface area (TPSA) is 75.5 Å². The lowest BCUT2D eigenvalue weighted by molar-refractivity contribution is 0.0774. The van der Waals surface area contributed by atoms with Crippen molar-refractivity contribution < 1.29 is 13.9 Å². The van der Waals surface area contributed by atoms with Gasteiger partial charge in [-0.15, -0.1) is 0 Å². The fraction of sp³-hybridized carbons (Fsp3) is 0.263. The van der Waals surface area contributed by atoms with E-state index in [0.717, 1.165) is 17.3 Å². The summed E-state index contributed by atoms with van der Waals surface area (Å²) < 4.78 is 10.8. The molecule has 1 aliphatic rings. The van der Waals surface area contributed by atoms with Gasteiger partial charge >= 0.3 is 5.63 Å². The molecule has 0 saturated carbocycles. The molecule has 1 fully saturated rings. The van der Waals surface area contributed by atoms with Crippen LogP contribution in [0.4, 0.5) is 0 Å². The number of fused-ring (bicyclic) bond motifs is 1. The van der Waals surface area contributed by atoms with Crippen LogP contribution < -0.4 is 10.4 Å². The number of hydrogen-bond donors (Lipinski definition) is 1. The van der Waals surface area contributed by atoms with E-state index in [2.05, 4.69) is 4.98 Å². The Kier molecular flexibility index (Phi) is 3.80. The summed E-state index contributed by atoms with van der Waals surface area (Å²) in [6.07, 6.45) is 2.36. The zero-order valence-electron chi connectivity index (χ0n) is 13.8. The van der Waals surface area contributed by atoms with Gasteiger partial charge in [0, 0.05) is 36.1 Å². The predicted octanol–water partition coefficient (Wildman–Crippen LogP) is 2.72. The van der Waals surface area contributed by atoms with Gasteiger partial charge in [0.15, 0.2) is 0 Å². The maximum absolute atomic E-state index is 12.8. The second-order valence-electron chi connectivity index (χ2n) is 6.25. The normalized spacial score (nSPS) is 17.2. The molecule has 3 aromatic rings. The summed E-state index contributed by atoms with van der Waals surface area (Å²) in [5, 5.41) is 0.924. The zero-order valence-corrected chi connectivity index (χ0v) is 13.8. The van der Waals surface area contributed by atoms with Gasteiger partial charge in [-0.3, -0.25) is 4.79 Å². The van der Waals surface area contributed by atoms with E-state index in [9.17, 15) is 9.59 Å². The Hall–Kier alpha value is -3.02. The Morgan fingerprint density at radius 2 is 2.16 bits per heavy atom. The lowest BCUT2D eigenvalue weighted by atomic mass is 10.1. The maximum atomic E-state index is 12.8. The third kappa shape index (κ3) is 3.03. The van der Waals surface area contributed by atoms with Gasteiger partial charge in [-0.1, -0.05) is 18.2 Å². The molecular weight excluding hydrogens is 320 g/mol. The smallest absolute Gasteiger partial charge is 0.339 e. The first-order valence-electron chi connectivity index (χ1n) is 8.24. The van der Waals surface area contributed by atoms with Crippen LogP contribution >= 0.6 is 0 Å². The summed E-state index contributed by atoms with van der Waals surface area (Å²) in [5.74, 6) is 0.986. The molecule has 0 unspecified atom stereocenters. The number of H-pyrrole nitrogens is 1. The lowest BCUT2D eigenvalue weighted by Gasteiger charge is -2.17. The highest BCUT2D eigenvalue weighted by Crippen LogP contribution is 2.23. The number of carbonyl (C=O) groups excluding carboxylic acids is 1. The molecular formula is C19H18N2O4. The number of aromatic nitrogens is 1. The zero-order chi connectivity index (χ0) is 17.4. The van der Waals surface area contributed by atoms with Crippen LogP contribution in [0.3, 0.4) is 0 Å². The summed E-state index contributed by atoms with van der Waals surface area (Å²) in [5.41, 5.74) is 1.19. The number of nitrogens with zero attached hydrogens (tertiary/aromatic N) is 1. The monoisotopic (exact) mass is 338 g/mol. The van der Waals surface area contributed by atoms with E-state index < -0.39 is 5.63 Å². The number of para-hydroxylation sites is 1. The molecule has 6 nitrogen and oxygen atoms in total. The van der Waals surface area contributed by atoms with Crippen LogP contribution in [-0.2, 0) is 0 Å². The molecule has 1 aromatic carbocycles. The van der Waals surface area contributed by atoms with Gasteiger partial charge in [0.25, 0.3) is 5.91 Å². The third-order valence-electron chi connectivity index (χ3n) is 4.42. The van der Waals surface area contributed by atoms with Crippen LogP contribution in [0.15, 0.2) is 51.8 Å². The molecule has 0 bridgehead atoms. The van der Waals surface area contributed by atoms with E-state index in [1.807, 2.05) is 24.3 Å². The summed E-state index contributed by atoms with van der Waals surface area (Å²) in [7, 11) is 0. The van der Waals surface area contributed by atoms with Crippen molar-refractivity contribution in [2.45, 2.75) is 19.4 Å². The van der Waals surface area contributed by atoms with Gasteiger partial charge < -0.3 is 19.0 Å². The SMILES string of the molecule is Cc1cc(O[C@H]2CCN(C(=O)c3c[nH]c4ccccc34)C2)cc(=O)o1. The maximum Gasteiger partial charge on any atom is 0.339 e. The minimum Gasteiger partial charge on any atom is -0.488 e. The molecule has 1 amide bonds. The first-order valence-corrected chi connectivity index (χ1v) is 8.24. The second-order valence-corrected chi connectivity index (χ2v) is 6.25. The van der Waals surface area contributed by atoms with Crippen LogP contribution in [0, 0.1) is 6.92 Å². The van der Waals surface area contributed by atoms with Crippen molar-refractivity contribution in [1.82, 2.24) is 9.88 Å². The minimum absolute atomic E-state index is 0.00712. The number of aromatic amines is 1. The first-order chi connectivity index (χ1) is 12.1. The Bertz CT molecular complexity index is 988. The van der Waals surface area contributed by atoms with Gasteiger partial charge in [-0.2, -0.15) is 0 Å². The number of benzene rings is 1. The number of hydrogen-bond acceptors (Lipinski definition) is 4. The standard InChI is InChI=1S/C19H18N2O4/c1-12-8-14(9-18(22)24-12)25-13-6-7-21(11-13)19(23)16-10-20-17-5-3-2-4-15(16)17/h2-5,8-10,13,20H,6-7,11H2,1H3/t13-/m0/s1. The van der Waals surface area contributed by atoms with Crippen LogP contribution in [0.1, 0.15) is 22.5 Å². The summed E-state index contributed by atoms with van der Waals surface area (Å²) >= 11 is 0. The highest BCUT2D eigenvalue weighted by Gasteiger charge is 2.29. The molecule has 1 N–H and O–H groups in total. The van der Waals surface area contributed by atoms with Crippen molar-refractivity contribution in [3.8, 4) is 5.75 Å². The molecule has 6 heteroatoms. The van der Waals surface area contributed by atoms with Crippen molar-refractivity contribution in [2.24, 2.45) is 0 Å². The second kappa shape index (κ2) is 6.12. The number of amides is 1. The molecule has 25 heavy (non-hydrogen) atoms. The number of carbonyl (C=O) groups is 1. The molecule has 1 saturated heterocycles. The van der Waals surface area contributed by atoms with Crippen molar-refractivity contribution >= 4 is 16.8 Å². The van der Waals surface area contributed by atoms with E-state index >= 15 is 0 Å². The lowest BCUT2D eigenvalue weighted by Crippen LogP contribution is -2.30. The Morgan fingerprint density at radius 1 is 1.32 bits per heavy atom. The molecule has 4 rings (SSSR count). The summed E-state index contributed by atoms with van der Waals surface area (Å²) in [4.78, 5) is 29.2. The van der Waals surface area contributed by atoms with Crippen molar-refractivity contribution in [3.05, 3.63) is 64.3 Å². The largest absolute Gasteiger partial charge is 0.488 e. The van der Waals surface area contributed by atoms with Crippen LogP contribution in [-0.4, -0.2) is 35.0 Å². The molecule has 0 radical (unpaired) electrons. The van der Waals surface area contributed by atoms with E-state index in [-0.39, 0.29) is 12.0 Å². The Morgan fingerprint density at radius 3 is 3.00 bits per heavy atom. The average molecular weight is 338 g/mol. The quantitative estimate of drug-likeness (QED) is 0.797. The highest BCUT2D eigenvalue weighted by molar-refractivity contribution is 6.06. The molecule has 1 atom stereocenters. The molecule has 3 heterocycles. The molecule has 2 aromatic heterocycles. The van der Waals surface area contributed by atoms with Crippen molar-refractivity contribution in [2.75, 3.05) is 13.1 Å². The highest BCUT2D eigenvalue weighted by atomic mass is 16.5.